The maximum Gasteiger partial charge on any atom is 0.230 e. The third kappa shape index (κ3) is 3.13. The Bertz CT molecular complexity index is 481. The van der Waals surface area contributed by atoms with E-state index in [0.717, 1.165) is 5.56 Å². The number of aromatic nitrogens is 2. The molecule has 6 heteroatoms. The van der Waals surface area contributed by atoms with Gasteiger partial charge in [0.1, 0.15) is 5.82 Å². The Kier molecular flexibility index (Phi) is 3.87. The lowest BCUT2D eigenvalue weighted by atomic mass is 10.1. The van der Waals surface area contributed by atoms with Crippen molar-refractivity contribution in [1.82, 2.24) is 15.1 Å². The number of rotatable bonds is 4. The van der Waals surface area contributed by atoms with Gasteiger partial charge in [-0.1, -0.05) is 13.8 Å². The van der Waals surface area contributed by atoms with Gasteiger partial charge in [-0.2, -0.15) is 5.10 Å². The largest absolute Gasteiger partial charge is 0.342 e. The van der Waals surface area contributed by atoms with Crippen LogP contribution >= 0.6 is 0 Å². The molecule has 0 aliphatic carbocycles. The van der Waals surface area contributed by atoms with E-state index in [9.17, 15) is 9.59 Å². The predicted molar refractivity (Wildman–Crippen MR) is 71.5 cm³/mol. The molecule has 0 radical (unpaired) electrons. The van der Waals surface area contributed by atoms with Crippen molar-refractivity contribution in [2.24, 2.45) is 11.8 Å². The summed E-state index contributed by atoms with van der Waals surface area (Å²) in [6, 6.07) is 0. The molecule has 6 nitrogen and oxygen atoms in total. The van der Waals surface area contributed by atoms with Crippen molar-refractivity contribution in [2.45, 2.75) is 27.2 Å². The van der Waals surface area contributed by atoms with E-state index in [2.05, 4.69) is 29.4 Å². The van der Waals surface area contributed by atoms with Crippen LogP contribution in [0.3, 0.4) is 0 Å². The first-order chi connectivity index (χ1) is 8.97. The Labute approximate surface area is 112 Å². The normalized spacial score (nSPS) is 19.3. The van der Waals surface area contributed by atoms with Gasteiger partial charge in [0.2, 0.25) is 11.8 Å². The summed E-state index contributed by atoms with van der Waals surface area (Å²) >= 11 is 0. The van der Waals surface area contributed by atoms with Crippen LogP contribution in [0.1, 0.15) is 25.8 Å². The van der Waals surface area contributed by atoms with Crippen LogP contribution < -0.4 is 5.32 Å². The second-order valence-electron chi connectivity index (χ2n) is 5.51. The standard InChI is InChI=1S/C13H20N4O2/c1-8(2)6-17-7-10(4-11(17)18)13(19)15-12-9(3)5-14-16-12/h5,8,10H,4,6-7H2,1-3H3,(H2,14,15,16,19). The summed E-state index contributed by atoms with van der Waals surface area (Å²) in [5, 5.41) is 9.38. The molecule has 2 rings (SSSR count). The molecule has 2 N–H and O–H groups in total. The molecular formula is C13H20N4O2. The van der Waals surface area contributed by atoms with E-state index < -0.39 is 0 Å². The average molecular weight is 264 g/mol. The van der Waals surface area contributed by atoms with Crippen LogP contribution in [0.2, 0.25) is 0 Å². The lowest BCUT2D eigenvalue weighted by Crippen LogP contribution is -2.31. The molecule has 0 aromatic carbocycles. The lowest BCUT2D eigenvalue weighted by molar-refractivity contribution is -0.128. The maximum atomic E-state index is 12.1. The van der Waals surface area contributed by atoms with Gasteiger partial charge >= 0.3 is 0 Å². The lowest BCUT2D eigenvalue weighted by Gasteiger charge is -2.18. The van der Waals surface area contributed by atoms with Gasteiger partial charge in [-0.05, 0) is 12.8 Å². The molecule has 1 aliphatic rings. The first kappa shape index (κ1) is 13.6. The quantitative estimate of drug-likeness (QED) is 0.856. The number of H-pyrrole nitrogens is 1. The summed E-state index contributed by atoms with van der Waals surface area (Å²) in [7, 11) is 0. The number of aryl methyl sites for hydroxylation is 1. The summed E-state index contributed by atoms with van der Waals surface area (Å²) in [4.78, 5) is 25.7. The van der Waals surface area contributed by atoms with E-state index in [4.69, 9.17) is 0 Å². The zero-order chi connectivity index (χ0) is 14.0. The van der Waals surface area contributed by atoms with Gasteiger partial charge in [-0.15, -0.1) is 0 Å². The molecular weight excluding hydrogens is 244 g/mol. The van der Waals surface area contributed by atoms with E-state index in [1.165, 1.54) is 0 Å². The molecule has 1 atom stereocenters. The van der Waals surface area contributed by atoms with Crippen LogP contribution in [0.15, 0.2) is 6.20 Å². The predicted octanol–water partition coefficient (Wildman–Crippen LogP) is 1.16. The summed E-state index contributed by atoms with van der Waals surface area (Å²) in [5.74, 6) is 0.705. The zero-order valence-corrected chi connectivity index (χ0v) is 11.6. The highest BCUT2D eigenvalue weighted by atomic mass is 16.2. The van der Waals surface area contributed by atoms with Gasteiger partial charge in [0.05, 0.1) is 12.1 Å². The van der Waals surface area contributed by atoms with E-state index >= 15 is 0 Å². The highest BCUT2D eigenvalue weighted by Crippen LogP contribution is 2.21. The van der Waals surface area contributed by atoms with Gasteiger partial charge < -0.3 is 10.2 Å². The minimum absolute atomic E-state index is 0.0650. The molecule has 2 amide bonds. The molecule has 1 unspecified atom stereocenters. The smallest absolute Gasteiger partial charge is 0.230 e. The van der Waals surface area contributed by atoms with Crippen LogP contribution in [0, 0.1) is 18.8 Å². The first-order valence-corrected chi connectivity index (χ1v) is 6.56. The van der Waals surface area contributed by atoms with Crippen molar-refractivity contribution in [3.63, 3.8) is 0 Å². The molecule has 1 aliphatic heterocycles. The van der Waals surface area contributed by atoms with Crippen LogP contribution in [0.25, 0.3) is 0 Å². The Morgan fingerprint density at radius 2 is 2.37 bits per heavy atom. The minimum atomic E-state index is -0.269. The fourth-order valence-electron chi connectivity index (χ4n) is 2.26. The molecule has 0 spiro atoms. The molecule has 1 aromatic rings. The Hall–Kier alpha value is -1.85. The fourth-order valence-corrected chi connectivity index (χ4v) is 2.26. The molecule has 1 aromatic heterocycles. The fraction of sp³-hybridized carbons (Fsp3) is 0.615. The van der Waals surface area contributed by atoms with E-state index in [0.29, 0.717) is 31.2 Å². The molecule has 2 heterocycles. The highest BCUT2D eigenvalue weighted by molar-refractivity contribution is 5.96. The van der Waals surface area contributed by atoms with Gasteiger partial charge in [0.15, 0.2) is 0 Å². The van der Waals surface area contributed by atoms with Crippen LogP contribution in [-0.4, -0.2) is 40.0 Å². The third-order valence-electron chi connectivity index (χ3n) is 3.25. The molecule has 1 saturated heterocycles. The van der Waals surface area contributed by atoms with Crippen molar-refractivity contribution in [2.75, 3.05) is 18.4 Å². The summed E-state index contributed by atoms with van der Waals surface area (Å²) < 4.78 is 0. The Balaban J connectivity index is 1.95. The first-order valence-electron chi connectivity index (χ1n) is 6.56. The number of carbonyl (C=O) groups is 2. The molecule has 0 saturated carbocycles. The molecule has 104 valence electrons. The molecule has 19 heavy (non-hydrogen) atoms. The van der Waals surface area contributed by atoms with Crippen molar-refractivity contribution >= 4 is 17.6 Å². The number of carbonyl (C=O) groups excluding carboxylic acids is 2. The van der Waals surface area contributed by atoms with Crippen LogP contribution in [-0.2, 0) is 9.59 Å². The number of hydrogen-bond acceptors (Lipinski definition) is 3. The number of nitrogens with one attached hydrogen (secondary N) is 2. The minimum Gasteiger partial charge on any atom is -0.342 e. The molecule has 1 fully saturated rings. The summed E-state index contributed by atoms with van der Waals surface area (Å²) in [5.41, 5.74) is 0.886. The Morgan fingerprint density at radius 3 is 2.95 bits per heavy atom. The van der Waals surface area contributed by atoms with Crippen molar-refractivity contribution in [1.29, 1.82) is 0 Å². The number of nitrogens with zero attached hydrogens (tertiary/aromatic N) is 2. The summed E-state index contributed by atoms with van der Waals surface area (Å²) in [6.45, 7) is 7.22. The average Bonchev–Trinajstić information content (AvgIpc) is 2.87. The molecule has 0 bridgehead atoms. The number of hydrogen-bond donors (Lipinski definition) is 2. The van der Waals surface area contributed by atoms with Crippen LogP contribution in [0.4, 0.5) is 5.82 Å². The topological polar surface area (TPSA) is 78.1 Å². The summed E-state index contributed by atoms with van der Waals surface area (Å²) in [6.07, 6.45) is 1.95. The van der Waals surface area contributed by atoms with E-state index in [1.807, 2.05) is 6.92 Å². The number of anilines is 1. The van der Waals surface area contributed by atoms with Crippen molar-refractivity contribution < 1.29 is 9.59 Å². The third-order valence-corrected chi connectivity index (χ3v) is 3.25. The zero-order valence-electron chi connectivity index (χ0n) is 11.6. The maximum absolute atomic E-state index is 12.1. The van der Waals surface area contributed by atoms with Crippen LogP contribution in [0.5, 0.6) is 0 Å². The highest BCUT2D eigenvalue weighted by Gasteiger charge is 2.34. The number of amides is 2. The Morgan fingerprint density at radius 1 is 1.63 bits per heavy atom. The van der Waals surface area contributed by atoms with Crippen molar-refractivity contribution in [3.8, 4) is 0 Å². The number of likely N-dealkylation sites (tertiary alicyclic amines) is 1. The second-order valence-corrected chi connectivity index (χ2v) is 5.51. The van der Waals surface area contributed by atoms with E-state index in [-0.39, 0.29) is 17.7 Å². The van der Waals surface area contributed by atoms with Gasteiger partial charge in [0, 0.05) is 25.1 Å². The van der Waals surface area contributed by atoms with Gasteiger partial charge in [-0.3, -0.25) is 14.7 Å². The van der Waals surface area contributed by atoms with Gasteiger partial charge in [0.25, 0.3) is 0 Å². The number of aromatic amines is 1. The van der Waals surface area contributed by atoms with Gasteiger partial charge in [-0.25, -0.2) is 0 Å². The van der Waals surface area contributed by atoms with E-state index in [1.54, 1.807) is 11.1 Å². The SMILES string of the molecule is Cc1cn[nH]c1NC(=O)C1CC(=O)N(CC(C)C)C1. The van der Waals surface area contributed by atoms with Crippen molar-refractivity contribution in [3.05, 3.63) is 11.8 Å². The second kappa shape index (κ2) is 5.42. The monoisotopic (exact) mass is 264 g/mol.